The fourth-order valence-corrected chi connectivity index (χ4v) is 4.11. The topological polar surface area (TPSA) is 46.5 Å². The van der Waals surface area contributed by atoms with E-state index < -0.39 is 5.97 Å². The van der Waals surface area contributed by atoms with Gasteiger partial charge in [0.25, 0.3) is 0 Å². The summed E-state index contributed by atoms with van der Waals surface area (Å²) in [6, 6.07) is 22.8. The molecule has 1 aliphatic heterocycles. The molecule has 0 radical (unpaired) electrons. The van der Waals surface area contributed by atoms with Crippen LogP contribution in [0, 0.1) is 0 Å². The first-order chi connectivity index (χ1) is 13.7. The van der Waals surface area contributed by atoms with Gasteiger partial charge in [-0.15, -0.1) is 0 Å². The molecule has 0 saturated heterocycles. The van der Waals surface area contributed by atoms with Crippen molar-refractivity contribution in [2.24, 2.45) is 0 Å². The van der Waals surface area contributed by atoms with Crippen LogP contribution in [0.15, 0.2) is 88.7 Å². The summed E-state index contributed by atoms with van der Waals surface area (Å²) in [5.41, 5.74) is 2.81. The number of allylic oxidation sites excluding steroid dienone is 1. The molecular weight excluding hydrogens is 368 g/mol. The van der Waals surface area contributed by atoms with E-state index in [1.807, 2.05) is 12.1 Å². The number of hydrogen-bond donors (Lipinski definition) is 1. The van der Waals surface area contributed by atoms with Crippen LogP contribution in [-0.4, -0.2) is 17.7 Å². The molecule has 3 aromatic rings. The van der Waals surface area contributed by atoms with Crippen LogP contribution in [-0.2, 0) is 4.79 Å². The molecule has 1 N–H and O–H groups in total. The van der Waals surface area contributed by atoms with E-state index in [4.69, 9.17) is 9.84 Å². The summed E-state index contributed by atoms with van der Waals surface area (Å²) in [5.74, 6) is -0.0377. The number of rotatable bonds is 5. The van der Waals surface area contributed by atoms with Gasteiger partial charge in [-0.3, -0.25) is 0 Å². The van der Waals surface area contributed by atoms with E-state index in [1.54, 1.807) is 5.41 Å². The lowest BCUT2D eigenvalue weighted by Gasteiger charge is -2.10. The lowest BCUT2D eigenvalue weighted by atomic mass is 9.98. The first-order valence-electron chi connectivity index (χ1n) is 9.20. The van der Waals surface area contributed by atoms with Crippen LogP contribution in [0.4, 0.5) is 0 Å². The van der Waals surface area contributed by atoms with E-state index in [1.165, 1.54) is 28.1 Å². The fraction of sp³-hybridized carbons (Fsp3) is 0.125. The quantitative estimate of drug-likeness (QED) is 0.560. The second-order valence-corrected chi connectivity index (χ2v) is 7.61. The van der Waals surface area contributed by atoms with Crippen LogP contribution in [0.25, 0.3) is 21.9 Å². The van der Waals surface area contributed by atoms with Crippen molar-refractivity contribution in [3.8, 4) is 16.9 Å². The highest BCUT2D eigenvalue weighted by molar-refractivity contribution is 8.05. The van der Waals surface area contributed by atoms with Crippen molar-refractivity contribution < 1.29 is 14.6 Å². The molecule has 4 rings (SSSR count). The average molecular weight is 388 g/mol. The molecule has 140 valence electrons. The zero-order valence-corrected chi connectivity index (χ0v) is 16.1. The number of carboxylic acids is 1. The number of benzene rings is 3. The average Bonchev–Trinajstić information content (AvgIpc) is 2.98. The molecule has 1 aliphatic rings. The molecule has 1 heterocycles. The van der Waals surface area contributed by atoms with Gasteiger partial charge < -0.3 is 9.84 Å². The van der Waals surface area contributed by atoms with Crippen molar-refractivity contribution in [3.63, 3.8) is 0 Å². The minimum Gasteiger partial charge on any atom is -0.488 e. The maximum atomic E-state index is 11.1. The summed E-state index contributed by atoms with van der Waals surface area (Å²) in [5, 5.41) is 13.3. The molecule has 0 aliphatic carbocycles. The third-order valence-electron chi connectivity index (χ3n) is 4.75. The molecule has 3 aromatic carbocycles. The van der Waals surface area contributed by atoms with Gasteiger partial charge in [0, 0.05) is 10.5 Å². The SMILES string of the molecule is O=C(O)C1=CSC(COc2ccc(-c3cccc4ccccc34)cc2)=CCC1. The Balaban J connectivity index is 1.45. The summed E-state index contributed by atoms with van der Waals surface area (Å²) in [6.07, 6.45) is 3.34. The molecule has 3 nitrogen and oxygen atoms in total. The standard InChI is InChI=1S/C24H20O3S/c25-24(26)19-7-3-8-21(28-16-19)15-27-20-13-11-18(12-14-20)23-10-4-6-17-5-1-2-9-22(17)23/h1-2,4-6,8-14,16H,3,7,15H2,(H,25,26). The Morgan fingerprint density at radius 3 is 2.61 bits per heavy atom. The van der Waals surface area contributed by atoms with Gasteiger partial charge in [0.2, 0.25) is 0 Å². The van der Waals surface area contributed by atoms with Crippen LogP contribution in [0.5, 0.6) is 5.75 Å². The van der Waals surface area contributed by atoms with E-state index in [-0.39, 0.29) is 0 Å². The minimum atomic E-state index is -0.841. The van der Waals surface area contributed by atoms with Crippen molar-refractivity contribution >= 4 is 28.5 Å². The highest BCUT2D eigenvalue weighted by atomic mass is 32.2. The maximum Gasteiger partial charge on any atom is 0.332 e. The Morgan fingerprint density at radius 1 is 1.00 bits per heavy atom. The normalized spacial score (nSPS) is 14.1. The minimum absolute atomic E-state index is 0.446. The van der Waals surface area contributed by atoms with Gasteiger partial charge in [0.05, 0.1) is 0 Å². The first-order valence-corrected chi connectivity index (χ1v) is 10.1. The van der Waals surface area contributed by atoms with Crippen molar-refractivity contribution in [2.45, 2.75) is 12.8 Å². The highest BCUT2D eigenvalue weighted by Crippen LogP contribution is 2.31. The van der Waals surface area contributed by atoms with E-state index in [2.05, 4.69) is 60.7 Å². The Hall–Kier alpha value is -2.98. The second-order valence-electron chi connectivity index (χ2n) is 6.61. The summed E-state index contributed by atoms with van der Waals surface area (Å²) < 4.78 is 5.91. The number of carboxylic acid groups (broad SMARTS) is 1. The molecule has 0 bridgehead atoms. The van der Waals surface area contributed by atoms with E-state index in [0.717, 1.165) is 22.6 Å². The van der Waals surface area contributed by atoms with E-state index in [9.17, 15) is 4.79 Å². The molecule has 4 heteroatoms. The van der Waals surface area contributed by atoms with Gasteiger partial charge >= 0.3 is 5.97 Å². The molecule has 0 unspecified atom stereocenters. The Labute approximate surface area is 168 Å². The summed E-state index contributed by atoms with van der Waals surface area (Å²) >= 11 is 1.43. The molecular formula is C24H20O3S. The van der Waals surface area contributed by atoms with Gasteiger partial charge in [-0.1, -0.05) is 72.4 Å². The van der Waals surface area contributed by atoms with Gasteiger partial charge in [-0.25, -0.2) is 4.79 Å². The summed E-state index contributed by atoms with van der Waals surface area (Å²) in [4.78, 5) is 12.1. The molecule has 0 amide bonds. The van der Waals surface area contributed by atoms with Crippen LogP contribution < -0.4 is 4.74 Å². The summed E-state index contributed by atoms with van der Waals surface area (Å²) in [7, 11) is 0. The number of fused-ring (bicyclic) bond motifs is 1. The predicted octanol–water partition coefficient (Wildman–Crippen LogP) is 6.27. The van der Waals surface area contributed by atoms with Gasteiger partial charge in [0.1, 0.15) is 12.4 Å². The van der Waals surface area contributed by atoms with Gasteiger partial charge in [-0.05, 0) is 52.3 Å². The monoisotopic (exact) mass is 388 g/mol. The van der Waals surface area contributed by atoms with Crippen molar-refractivity contribution in [2.75, 3.05) is 6.61 Å². The first kappa shape index (κ1) is 18.4. The lowest BCUT2D eigenvalue weighted by molar-refractivity contribution is -0.132. The predicted molar refractivity (Wildman–Crippen MR) is 116 cm³/mol. The molecule has 0 saturated carbocycles. The van der Waals surface area contributed by atoms with Crippen molar-refractivity contribution in [1.82, 2.24) is 0 Å². The van der Waals surface area contributed by atoms with Crippen LogP contribution in [0.3, 0.4) is 0 Å². The molecule has 0 atom stereocenters. The van der Waals surface area contributed by atoms with Crippen molar-refractivity contribution in [3.05, 3.63) is 88.7 Å². The molecule has 0 aromatic heterocycles. The number of thioether (sulfide) groups is 1. The lowest BCUT2D eigenvalue weighted by Crippen LogP contribution is -1.98. The zero-order valence-electron chi connectivity index (χ0n) is 15.3. The molecule has 0 spiro atoms. The zero-order chi connectivity index (χ0) is 19.3. The summed E-state index contributed by atoms with van der Waals surface area (Å²) in [6.45, 7) is 0.446. The Bertz CT molecular complexity index is 1060. The maximum absolute atomic E-state index is 11.1. The van der Waals surface area contributed by atoms with Crippen LogP contribution >= 0.6 is 11.8 Å². The third kappa shape index (κ3) is 4.12. The number of ether oxygens (including phenoxy) is 1. The highest BCUT2D eigenvalue weighted by Gasteiger charge is 2.11. The largest absolute Gasteiger partial charge is 0.488 e. The van der Waals surface area contributed by atoms with Gasteiger partial charge in [0.15, 0.2) is 0 Å². The second kappa shape index (κ2) is 8.36. The van der Waals surface area contributed by atoms with E-state index >= 15 is 0 Å². The number of carbonyl (C=O) groups is 1. The Kier molecular flexibility index (Phi) is 5.49. The van der Waals surface area contributed by atoms with Crippen LogP contribution in [0.2, 0.25) is 0 Å². The van der Waals surface area contributed by atoms with Crippen LogP contribution in [0.1, 0.15) is 12.8 Å². The van der Waals surface area contributed by atoms with Crippen molar-refractivity contribution in [1.29, 1.82) is 0 Å². The molecule has 28 heavy (non-hydrogen) atoms. The van der Waals surface area contributed by atoms with E-state index in [0.29, 0.717) is 18.6 Å². The number of aliphatic carboxylic acids is 1. The third-order valence-corrected chi connectivity index (χ3v) is 5.74. The fourth-order valence-electron chi connectivity index (χ4n) is 3.26. The Morgan fingerprint density at radius 2 is 1.79 bits per heavy atom. The smallest absolute Gasteiger partial charge is 0.332 e. The molecule has 0 fully saturated rings. The number of hydrogen-bond acceptors (Lipinski definition) is 3. The van der Waals surface area contributed by atoms with Gasteiger partial charge in [-0.2, -0.15) is 0 Å².